The first-order chi connectivity index (χ1) is 6.31. The Morgan fingerprint density at radius 3 is 3.08 bits per heavy atom. The van der Waals surface area contributed by atoms with Crippen LogP contribution in [0.2, 0.25) is 0 Å². The topological polar surface area (TPSA) is 72.0 Å². The number of H-pyrrole nitrogens is 1. The van der Waals surface area contributed by atoms with Crippen molar-refractivity contribution >= 4 is 0 Å². The van der Waals surface area contributed by atoms with E-state index in [1.807, 2.05) is 6.92 Å². The lowest BCUT2D eigenvalue weighted by atomic mass is 10.2. The Morgan fingerprint density at radius 2 is 2.46 bits per heavy atom. The number of hydrogen-bond acceptors (Lipinski definition) is 4. The molecule has 2 rings (SSSR count). The zero-order chi connectivity index (χ0) is 9.26. The molecule has 2 aromatic heterocycles. The highest BCUT2D eigenvalue weighted by Gasteiger charge is 2.11. The Bertz CT molecular complexity index is 452. The summed E-state index contributed by atoms with van der Waals surface area (Å²) in [6, 6.07) is 1.72. The van der Waals surface area contributed by atoms with E-state index in [0.29, 0.717) is 0 Å². The molecule has 0 bridgehead atoms. The van der Waals surface area contributed by atoms with Gasteiger partial charge in [0.1, 0.15) is 5.76 Å². The number of hydrogen-bond donors (Lipinski definition) is 1. The van der Waals surface area contributed by atoms with Crippen LogP contribution in [0, 0.1) is 0 Å². The maximum absolute atomic E-state index is 10.7. The number of furan rings is 1. The van der Waals surface area contributed by atoms with E-state index in [9.17, 15) is 4.79 Å². The number of rotatable bonds is 2. The van der Waals surface area contributed by atoms with Crippen LogP contribution in [-0.4, -0.2) is 10.2 Å². The predicted octanol–water partition coefficient (Wildman–Crippen LogP) is 1.19. The van der Waals surface area contributed by atoms with Gasteiger partial charge in [-0.1, -0.05) is 6.92 Å². The Hall–Kier alpha value is -1.78. The molecule has 0 spiro atoms. The molecule has 13 heavy (non-hydrogen) atoms. The fourth-order valence-electron chi connectivity index (χ4n) is 1.15. The first-order valence-electron chi connectivity index (χ1n) is 3.93. The monoisotopic (exact) mass is 180 g/mol. The molecule has 0 atom stereocenters. The van der Waals surface area contributed by atoms with Gasteiger partial charge in [0.25, 0.3) is 5.89 Å². The van der Waals surface area contributed by atoms with Crippen molar-refractivity contribution in [3.63, 3.8) is 0 Å². The molecule has 0 aliphatic heterocycles. The maximum Gasteiger partial charge on any atom is 0.434 e. The molecule has 0 aromatic carbocycles. The Kier molecular flexibility index (Phi) is 1.77. The number of aromatic amines is 1. The summed E-state index contributed by atoms with van der Waals surface area (Å²) in [5, 5.41) is 5.90. The van der Waals surface area contributed by atoms with Crippen LogP contribution in [0.25, 0.3) is 11.5 Å². The molecule has 0 unspecified atom stereocenters. The van der Waals surface area contributed by atoms with Gasteiger partial charge in [0.05, 0.1) is 11.8 Å². The molecule has 0 fully saturated rings. The zero-order valence-corrected chi connectivity index (χ0v) is 7.03. The molecule has 5 heteroatoms. The second kappa shape index (κ2) is 2.93. The van der Waals surface area contributed by atoms with Crippen LogP contribution < -0.4 is 5.76 Å². The molecule has 0 aliphatic rings. The van der Waals surface area contributed by atoms with E-state index in [1.165, 1.54) is 0 Å². The van der Waals surface area contributed by atoms with Gasteiger partial charge in [0.2, 0.25) is 0 Å². The lowest BCUT2D eigenvalue weighted by molar-refractivity contribution is 0.505. The molecule has 0 aliphatic carbocycles. The minimum Gasteiger partial charge on any atom is -0.469 e. The normalized spacial score (nSPS) is 10.5. The van der Waals surface area contributed by atoms with E-state index in [1.54, 1.807) is 12.3 Å². The SMILES string of the molecule is CCc1occc1-c1n[nH]c(=O)o1. The van der Waals surface area contributed by atoms with Gasteiger partial charge in [-0.25, -0.2) is 9.89 Å². The third-order valence-corrected chi connectivity index (χ3v) is 1.74. The first kappa shape index (κ1) is 7.85. The highest BCUT2D eigenvalue weighted by Crippen LogP contribution is 2.21. The molecule has 0 saturated carbocycles. The van der Waals surface area contributed by atoms with Crippen molar-refractivity contribution in [2.45, 2.75) is 13.3 Å². The third-order valence-electron chi connectivity index (χ3n) is 1.74. The molecule has 5 nitrogen and oxygen atoms in total. The molecule has 0 amide bonds. The van der Waals surface area contributed by atoms with E-state index >= 15 is 0 Å². The summed E-state index contributed by atoms with van der Waals surface area (Å²) in [5.41, 5.74) is 0.723. The van der Waals surface area contributed by atoms with Crippen molar-refractivity contribution in [1.82, 2.24) is 10.2 Å². The molecule has 1 N–H and O–H groups in total. The number of aryl methyl sites for hydroxylation is 1. The van der Waals surface area contributed by atoms with Crippen molar-refractivity contribution in [2.75, 3.05) is 0 Å². The van der Waals surface area contributed by atoms with Crippen molar-refractivity contribution < 1.29 is 8.83 Å². The Labute approximate surface area is 73.4 Å². The van der Waals surface area contributed by atoms with Crippen LogP contribution in [0.3, 0.4) is 0 Å². The number of aromatic nitrogens is 2. The third kappa shape index (κ3) is 1.28. The van der Waals surface area contributed by atoms with Crippen LogP contribution in [-0.2, 0) is 6.42 Å². The van der Waals surface area contributed by atoms with Crippen molar-refractivity contribution in [2.24, 2.45) is 0 Å². The second-order valence-electron chi connectivity index (χ2n) is 2.53. The van der Waals surface area contributed by atoms with Gasteiger partial charge in [-0.3, -0.25) is 0 Å². The van der Waals surface area contributed by atoms with E-state index in [0.717, 1.165) is 17.7 Å². The lowest BCUT2D eigenvalue weighted by Gasteiger charge is -1.91. The van der Waals surface area contributed by atoms with Crippen molar-refractivity contribution in [3.05, 3.63) is 28.6 Å². The van der Waals surface area contributed by atoms with Crippen LogP contribution in [0.15, 0.2) is 26.0 Å². The highest BCUT2D eigenvalue weighted by atomic mass is 16.4. The minimum absolute atomic E-state index is 0.274. The van der Waals surface area contributed by atoms with Crippen molar-refractivity contribution in [1.29, 1.82) is 0 Å². The zero-order valence-electron chi connectivity index (χ0n) is 7.03. The first-order valence-corrected chi connectivity index (χ1v) is 3.93. The molecular weight excluding hydrogens is 172 g/mol. The molecule has 0 radical (unpaired) electrons. The predicted molar refractivity (Wildman–Crippen MR) is 44.2 cm³/mol. The fourth-order valence-corrected chi connectivity index (χ4v) is 1.15. The summed E-state index contributed by atoms with van der Waals surface area (Å²) in [5.74, 6) is 0.476. The summed E-state index contributed by atoms with van der Waals surface area (Å²) in [7, 11) is 0. The lowest BCUT2D eigenvalue weighted by Crippen LogP contribution is -1.93. The van der Waals surface area contributed by atoms with Crippen LogP contribution in [0.4, 0.5) is 0 Å². The van der Waals surface area contributed by atoms with Gasteiger partial charge >= 0.3 is 5.76 Å². The summed E-state index contributed by atoms with van der Waals surface area (Å²) >= 11 is 0. The quantitative estimate of drug-likeness (QED) is 0.753. The number of nitrogens with zero attached hydrogens (tertiary/aromatic N) is 1. The van der Waals surface area contributed by atoms with Gasteiger partial charge in [0, 0.05) is 6.42 Å². The second-order valence-corrected chi connectivity index (χ2v) is 2.53. The molecule has 68 valence electrons. The van der Waals surface area contributed by atoms with E-state index in [-0.39, 0.29) is 5.89 Å². The Morgan fingerprint density at radius 1 is 1.62 bits per heavy atom. The summed E-state index contributed by atoms with van der Waals surface area (Å²) < 4.78 is 9.95. The van der Waals surface area contributed by atoms with Gasteiger partial charge in [-0.15, -0.1) is 5.10 Å². The van der Waals surface area contributed by atoms with Crippen LogP contribution >= 0.6 is 0 Å². The average Bonchev–Trinajstić information content (AvgIpc) is 2.71. The average molecular weight is 180 g/mol. The fraction of sp³-hybridized carbons (Fsp3) is 0.250. The minimum atomic E-state index is -0.557. The van der Waals surface area contributed by atoms with Gasteiger partial charge < -0.3 is 8.83 Å². The summed E-state index contributed by atoms with van der Waals surface area (Å²) in [6.07, 6.45) is 2.28. The van der Waals surface area contributed by atoms with Crippen LogP contribution in [0.1, 0.15) is 12.7 Å². The van der Waals surface area contributed by atoms with E-state index in [2.05, 4.69) is 10.2 Å². The van der Waals surface area contributed by atoms with E-state index in [4.69, 9.17) is 8.83 Å². The highest BCUT2D eigenvalue weighted by molar-refractivity contribution is 5.54. The van der Waals surface area contributed by atoms with Crippen LogP contribution in [0.5, 0.6) is 0 Å². The van der Waals surface area contributed by atoms with Gasteiger partial charge in [-0.2, -0.15) is 0 Å². The Balaban J connectivity index is 2.51. The molecule has 2 aromatic rings. The largest absolute Gasteiger partial charge is 0.469 e. The van der Waals surface area contributed by atoms with Crippen molar-refractivity contribution in [3.8, 4) is 11.5 Å². The number of nitrogens with one attached hydrogen (secondary N) is 1. The van der Waals surface area contributed by atoms with E-state index < -0.39 is 5.76 Å². The molecular formula is C8H8N2O3. The smallest absolute Gasteiger partial charge is 0.434 e. The summed E-state index contributed by atoms with van der Waals surface area (Å²) in [6.45, 7) is 1.95. The molecule has 0 saturated heterocycles. The van der Waals surface area contributed by atoms with Gasteiger partial charge in [-0.05, 0) is 6.07 Å². The van der Waals surface area contributed by atoms with Gasteiger partial charge in [0.15, 0.2) is 0 Å². The summed E-state index contributed by atoms with van der Waals surface area (Å²) in [4.78, 5) is 10.7. The maximum atomic E-state index is 10.7. The molecule has 2 heterocycles. The standard InChI is InChI=1S/C8H8N2O3/c1-2-6-5(3-4-12-6)7-9-10-8(11)13-7/h3-4H,2H2,1H3,(H,10,11).